The van der Waals surface area contributed by atoms with Gasteiger partial charge in [-0.2, -0.15) is 5.10 Å². The number of rotatable bonds is 8. The van der Waals surface area contributed by atoms with E-state index in [9.17, 15) is 24.3 Å². The fraction of sp³-hybridized carbons (Fsp3) is 0.312. The van der Waals surface area contributed by atoms with Gasteiger partial charge in [0.05, 0.1) is 0 Å². The minimum Gasteiger partial charge on any atom is -0.477 e. The summed E-state index contributed by atoms with van der Waals surface area (Å²) in [5.74, 6) is -2.11. The second kappa shape index (κ2) is 9.88. The van der Waals surface area contributed by atoms with Crippen LogP contribution in [-0.2, 0) is 21.4 Å². The minimum atomic E-state index is -1.26. The number of carboxylic acids is 1. The third-order valence-corrected chi connectivity index (χ3v) is 7.86. The standard InChI is InChI=1S/C16H17N11O5S3/c1-26-16(23-24-25-26)35-3-5-2-33-12-8(11(29)27(12)9(5)13(30)31)20-10(28)7(21-22-14(17)32)6-4-34-15(18)19-6/h4,8,12H,2-3H2,1H3,(H2,18,19)(H,20,28)(H,30,31)(H3,17,22,32)/b21-7+/t8-,12-/m1/s1. The van der Waals surface area contributed by atoms with Crippen LogP contribution in [0.15, 0.2) is 26.9 Å². The van der Waals surface area contributed by atoms with Crippen LogP contribution in [0.4, 0.5) is 9.93 Å². The minimum absolute atomic E-state index is 0.0716. The van der Waals surface area contributed by atoms with E-state index in [1.54, 1.807) is 7.05 Å². The van der Waals surface area contributed by atoms with E-state index in [0.29, 0.717) is 16.5 Å². The highest BCUT2D eigenvalue weighted by Crippen LogP contribution is 2.41. The Morgan fingerprint density at radius 2 is 2.17 bits per heavy atom. The van der Waals surface area contributed by atoms with E-state index < -0.39 is 35.2 Å². The molecule has 0 radical (unpaired) electrons. The average Bonchev–Trinajstić information content (AvgIpc) is 3.42. The zero-order valence-corrected chi connectivity index (χ0v) is 20.2. The van der Waals surface area contributed by atoms with Crippen LogP contribution in [0.25, 0.3) is 0 Å². The molecule has 4 heterocycles. The van der Waals surface area contributed by atoms with E-state index in [1.807, 2.05) is 5.43 Å². The predicted molar refractivity (Wildman–Crippen MR) is 125 cm³/mol. The highest BCUT2D eigenvalue weighted by Gasteiger charge is 2.54. The number of carbonyl (C=O) groups excluding carboxylic acids is 3. The van der Waals surface area contributed by atoms with Crippen molar-refractivity contribution in [3.05, 3.63) is 22.3 Å². The summed E-state index contributed by atoms with van der Waals surface area (Å²) in [6.45, 7) is 0. The summed E-state index contributed by atoms with van der Waals surface area (Å²) < 4.78 is 1.45. The van der Waals surface area contributed by atoms with E-state index in [-0.39, 0.29) is 28.0 Å². The lowest BCUT2D eigenvalue weighted by Crippen LogP contribution is -2.71. The number of carbonyl (C=O) groups is 4. The lowest BCUT2D eigenvalue weighted by molar-refractivity contribution is -0.150. The molecule has 2 atom stereocenters. The number of nitrogens with one attached hydrogen (secondary N) is 2. The number of thioether (sulfide) groups is 2. The van der Waals surface area contributed by atoms with Crippen molar-refractivity contribution in [1.82, 2.24) is 40.8 Å². The fourth-order valence-corrected chi connectivity index (χ4v) is 6.11. The number of nitrogens with two attached hydrogens (primary N) is 2. The molecule has 0 unspecified atom stereocenters. The van der Waals surface area contributed by atoms with E-state index in [0.717, 1.165) is 16.2 Å². The second-order valence-electron chi connectivity index (χ2n) is 7.00. The molecular weight excluding hydrogens is 522 g/mol. The Bertz CT molecular complexity index is 1270. The quantitative estimate of drug-likeness (QED) is 0.108. The molecule has 16 nitrogen and oxygen atoms in total. The van der Waals surface area contributed by atoms with Gasteiger partial charge in [-0.15, -0.1) is 28.2 Å². The molecule has 4 rings (SSSR count). The summed E-state index contributed by atoms with van der Waals surface area (Å²) in [6, 6.07) is -2.03. The van der Waals surface area contributed by atoms with Gasteiger partial charge in [-0.25, -0.2) is 24.7 Å². The van der Waals surface area contributed by atoms with Crippen LogP contribution in [0, 0.1) is 0 Å². The van der Waals surface area contributed by atoms with Crippen LogP contribution < -0.4 is 22.2 Å². The van der Waals surface area contributed by atoms with Crippen LogP contribution in [0.1, 0.15) is 5.69 Å². The molecule has 1 saturated heterocycles. The van der Waals surface area contributed by atoms with Crippen LogP contribution in [0.2, 0.25) is 0 Å². The zero-order chi connectivity index (χ0) is 25.3. The van der Waals surface area contributed by atoms with Crippen molar-refractivity contribution < 1.29 is 24.3 Å². The smallest absolute Gasteiger partial charge is 0.352 e. The number of hydrogen-bond acceptors (Lipinski definition) is 13. The number of aryl methyl sites for hydroxylation is 1. The number of nitrogens with zero attached hydrogens (tertiary/aromatic N) is 7. The number of aliphatic carboxylic acids is 1. The maximum atomic E-state index is 12.9. The average molecular weight is 540 g/mol. The lowest BCUT2D eigenvalue weighted by Gasteiger charge is -2.49. The molecule has 2 aromatic rings. The van der Waals surface area contributed by atoms with Crippen LogP contribution >= 0.6 is 34.9 Å². The molecule has 2 aromatic heterocycles. The first-order valence-corrected chi connectivity index (χ1v) is 12.5. The lowest BCUT2D eigenvalue weighted by atomic mass is 10.0. The number of anilines is 1. The van der Waals surface area contributed by atoms with Crippen molar-refractivity contribution in [2.75, 3.05) is 17.2 Å². The predicted octanol–water partition coefficient (Wildman–Crippen LogP) is -1.85. The largest absolute Gasteiger partial charge is 0.477 e. The van der Waals surface area contributed by atoms with Crippen molar-refractivity contribution >= 4 is 69.5 Å². The van der Waals surface area contributed by atoms with Gasteiger partial charge in [0, 0.05) is 23.9 Å². The summed E-state index contributed by atoms with van der Waals surface area (Å²) in [7, 11) is 1.66. The number of primary amides is 1. The Labute approximate surface area is 208 Å². The van der Waals surface area contributed by atoms with Crippen LogP contribution in [-0.4, -0.2) is 87.6 Å². The number of carboxylic acid groups (broad SMARTS) is 1. The van der Waals surface area contributed by atoms with E-state index in [2.05, 4.69) is 30.9 Å². The summed E-state index contributed by atoms with van der Waals surface area (Å²) in [4.78, 5) is 54.0. The van der Waals surface area contributed by atoms with Crippen LogP contribution in [0.3, 0.4) is 0 Å². The number of aromatic nitrogens is 5. The van der Waals surface area contributed by atoms with Gasteiger partial charge >= 0.3 is 12.0 Å². The van der Waals surface area contributed by atoms with Gasteiger partial charge in [0.2, 0.25) is 5.16 Å². The number of fused-ring (bicyclic) bond motifs is 1. The van der Waals surface area contributed by atoms with Gasteiger partial charge in [0.1, 0.15) is 22.8 Å². The maximum absolute atomic E-state index is 12.9. The van der Waals surface area contributed by atoms with Gasteiger partial charge in [-0.1, -0.05) is 11.8 Å². The van der Waals surface area contributed by atoms with Crippen molar-refractivity contribution in [2.24, 2.45) is 17.9 Å². The van der Waals surface area contributed by atoms with Crippen molar-refractivity contribution in [2.45, 2.75) is 16.6 Å². The molecule has 2 aliphatic rings. The number of β-lactam (4-membered cyclic amide) rings is 1. The van der Waals surface area contributed by atoms with Crippen molar-refractivity contribution in [3.8, 4) is 0 Å². The van der Waals surface area contributed by atoms with Gasteiger partial charge in [0.25, 0.3) is 11.8 Å². The normalized spacial score (nSPS) is 19.7. The molecule has 35 heavy (non-hydrogen) atoms. The molecule has 7 N–H and O–H groups in total. The van der Waals surface area contributed by atoms with Crippen molar-refractivity contribution in [3.63, 3.8) is 0 Å². The summed E-state index contributed by atoms with van der Waals surface area (Å²) in [6.07, 6.45) is 0. The highest BCUT2D eigenvalue weighted by atomic mass is 32.2. The maximum Gasteiger partial charge on any atom is 0.352 e. The summed E-state index contributed by atoms with van der Waals surface area (Å²) in [5.41, 5.74) is 12.7. The molecule has 184 valence electrons. The van der Waals surface area contributed by atoms with Gasteiger partial charge in [-0.05, 0) is 16.0 Å². The number of nitrogen functional groups attached to an aromatic ring is 1. The van der Waals surface area contributed by atoms with Gasteiger partial charge < -0.3 is 21.9 Å². The third kappa shape index (κ3) is 4.91. The Hall–Kier alpha value is -3.71. The molecule has 0 aliphatic carbocycles. The number of amides is 4. The SMILES string of the molecule is Cn1nnnc1SCC1=C(C(=O)O)N2C(=O)[C@@H](NC(=O)/C(=N/NC(N)=O)c3csc(N)n3)[C@H]2SC1. The molecule has 0 aromatic carbocycles. The number of tetrazole rings is 1. The van der Waals surface area contributed by atoms with E-state index in [4.69, 9.17) is 11.5 Å². The third-order valence-electron chi connectivity index (χ3n) is 4.75. The Kier molecular flexibility index (Phi) is 6.89. The molecule has 0 bridgehead atoms. The fourth-order valence-electron chi connectivity index (χ4n) is 3.23. The molecule has 1 fully saturated rings. The highest BCUT2D eigenvalue weighted by molar-refractivity contribution is 8.01. The first kappa shape index (κ1) is 24.4. The number of thiazole rings is 1. The number of hydrazone groups is 1. The van der Waals surface area contributed by atoms with E-state index in [1.165, 1.54) is 33.6 Å². The monoisotopic (exact) mass is 539 g/mol. The molecule has 0 saturated carbocycles. The molecule has 19 heteroatoms. The van der Waals surface area contributed by atoms with Gasteiger partial charge in [0.15, 0.2) is 10.8 Å². The zero-order valence-electron chi connectivity index (χ0n) is 17.7. The summed E-state index contributed by atoms with van der Waals surface area (Å²) >= 11 is 3.59. The first-order chi connectivity index (χ1) is 16.7. The molecular formula is C16H17N11O5S3. The molecule has 2 aliphatic heterocycles. The number of hydrogen-bond donors (Lipinski definition) is 5. The Morgan fingerprint density at radius 3 is 2.77 bits per heavy atom. The molecule has 0 spiro atoms. The second-order valence-corrected chi connectivity index (χ2v) is 9.94. The Balaban J connectivity index is 1.50. The van der Waals surface area contributed by atoms with Gasteiger partial charge in [-0.3, -0.25) is 14.5 Å². The summed E-state index contributed by atoms with van der Waals surface area (Å²) in [5, 5.41) is 28.6. The number of urea groups is 1. The van der Waals surface area contributed by atoms with Crippen molar-refractivity contribution in [1.29, 1.82) is 0 Å². The molecule has 4 amide bonds. The topological polar surface area (TPSA) is 237 Å². The first-order valence-electron chi connectivity index (χ1n) is 9.58. The van der Waals surface area contributed by atoms with Crippen LogP contribution in [0.5, 0.6) is 0 Å². The Morgan fingerprint density at radius 1 is 1.40 bits per heavy atom. The van der Waals surface area contributed by atoms with E-state index >= 15 is 0 Å².